The van der Waals surface area contributed by atoms with Crippen LogP contribution < -0.4 is 5.32 Å². The minimum atomic E-state index is 0.732. The number of nitrogens with zero attached hydrogens (tertiary/aromatic N) is 4. The summed E-state index contributed by atoms with van der Waals surface area (Å²) in [5.41, 5.74) is 2.04. The van der Waals surface area contributed by atoms with E-state index in [-0.39, 0.29) is 0 Å². The first-order valence-electron chi connectivity index (χ1n) is 7.03. The molecule has 2 heterocycles. The topological polar surface area (TPSA) is 56.9 Å². The second kappa shape index (κ2) is 7.09. The molecule has 0 aromatic carbocycles. The second-order valence-corrected chi connectivity index (χ2v) is 4.79. The molecule has 110 valence electrons. The molecule has 6 nitrogen and oxygen atoms in total. The molecule has 0 spiro atoms. The van der Waals surface area contributed by atoms with E-state index in [1.54, 1.807) is 0 Å². The molecule has 0 aliphatic carbocycles. The predicted octanol–water partition coefficient (Wildman–Crippen LogP) is 1.81. The van der Waals surface area contributed by atoms with Crippen molar-refractivity contribution < 1.29 is 4.74 Å². The molecule has 0 saturated carbocycles. The van der Waals surface area contributed by atoms with Gasteiger partial charge in [-0.05, 0) is 26.3 Å². The van der Waals surface area contributed by atoms with Crippen LogP contribution in [-0.2, 0) is 18.3 Å². The Bertz CT molecular complexity index is 531. The molecular formula is C14H23N5O. The van der Waals surface area contributed by atoms with Crippen LogP contribution in [0.5, 0.6) is 0 Å². The van der Waals surface area contributed by atoms with Crippen molar-refractivity contribution in [3.63, 3.8) is 0 Å². The highest BCUT2D eigenvalue weighted by Crippen LogP contribution is 2.11. The van der Waals surface area contributed by atoms with Crippen LogP contribution in [0.15, 0.2) is 18.5 Å². The van der Waals surface area contributed by atoms with Gasteiger partial charge in [-0.3, -0.25) is 4.68 Å². The van der Waals surface area contributed by atoms with E-state index in [1.165, 1.54) is 0 Å². The van der Waals surface area contributed by atoms with E-state index in [1.807, 2.05) is 44.0 Å². The number of anilines is 1. The monoisotopic (exact) mass is 277 g/mol. The highest BCUT2D eigenvalue weighted by atomic mass is 16.5. The summed E-state index contributed by atoms with van der Waals surface area (Å²) in [6.45, 7) is 7.15. The number of aryl methyl sites for hydroxylation is 2. The molecule has 2 rings (SSSR count). The second-order valence-electron chi connectivity index (χ2n) is 4.79. The molecule has 6 heteroatoms. The third-order valence-electron chi connectivity index (χ3n) is 2.95. The fourth-order valence-electron chi connectivity index (χ4n) is 2.05. The first-order chi connectivity index (χ1) is 9.69. The average Bonchev–Trinajstić information content (AvgIpc) is 2.96. The zero-order chi connectivity index (χ0) is 14.4. The summed E-state index contributed by atoms with van der Waals surface area (Å²) in [6, 6.07) is 2.02. The maximum absolute atomic E-state index is 5.33. The highest BCUT2D eigenvalue weighted by Gasteiger charge is 2.07. The van der Waals surface area contributed by atoms with Crippen molar-refractivity contribution in [1.82, 2.24) is 19.3 Å². The molecule has 0 radical (unpaired) electrons. The zero-order valence-corrected chi connectivity index (χ0v) is 12.5. The molecule has 0 unspecified atom stereocenters. The average molecular weight is 277 g/mol. The number of hydrogen-bond donors (Lipinski definition) is 1. The lowest BCUT2D eigenvalue weighted by molar-refractivity contribution is 0.147. The van der Waals surface area contributed by atoms with Gasteiger partial charge in [0.1, 0.15) is 0 Å². The Balaban J connectivity index is 1.92. The Hall–Kier alpha value is -1.82. The Morgan fingerprint density at radius 3 is 2.95 bits per heavy atom. The van der Waals surface area contributed by atoms with Gasteiger partial charge in [-0.25, -0.2) is 4.98 Å². The maximum Gasteiger partial charge on any atom is 0.203 e. The molecule has 0 aliphatic heterocycles. The number of aromatic nitrogens is 4. The zero-order valence-electron chi connectivity index (χ0n) is 12.5. The van der Waals surface area contributed by atoms with Crippen molar-refractivity contribution in [2.45, 2.75) is 26.8 Å². The molecule has 0 atom stereocenters. The Morgan fingerprint density at radius 2 is 2.25 bits per heavy atom. The molecule has 20 heavy (non-hydrogen) atoms. The summed E-state index contributed by atoms with van der Waals surface area (Å²) in [6.07, 6.45) is 4.97. The van der Waals surface area contributed by atoms with Gasteiger partial charge in [-0.2, -0.15) is 5.10 Å². The maximum atomic E-state index is 5.33. The summed E-state index contributed by atoms with van der Waals surface area (Å²) in [7, 11) is 1.93. The van der Waals surface area contributed by atoms with Gasteiger partial charge in [0, 0.05) is 39.2 Å². The third-order valence-corrected chi connectivity index (χ3v) is 2.95. The van der Waals surface area contributed by atoms with Gasteiger partial charge < -0.3 is 14.6 Å². The van der Waals surface area contributed by atoms with Gasteiger partial charge in [0.25, 0.3) is 0 Å². The Labute approximate surface area is 119 Å². The van der Waals surface area contributed by atoms with E-state index in [0.29, 0.717) is 0 Å². The first kappa shape index (κ1) is 14.6. The largest absolute Gasteiger partial charge is 0.382 e. The number of imidazole rings is 1. The lowest BCUT2D eigenvalue weighted by Crippen LogP contribution is -2.11. The van der Waals surface area contributed by atoms with Gasteiger partial charge in [0.05, 0.1) is 17.9 Å². The number of nitrogens with one attached hydrogen (secondary N) is 1. The first-order valence-corrected chi connectivity index (χ1v) is 7.03. The molecule has 0 aliphatic rings. The van der Waals surface area contributed by atoms with E-state index < -0.39 is 0 Å². The molecule has 1 N–H and O–H groups in total. The molecule has 2 aromatic rings. The Kier molecular flexibility index (Phi) is 5.17. The fraction of sp³-hybridized carbons (Fsp3) is 0.571. The van der Waals surface area contributed by atoms with E-state index in [2.05, 4.69) is 20.0 Å². The van der Waals surface area contributed by atoms with Crippen LogP contribution in [0, 0.1) is 6.92 Å². The van der Waals surface area contributed by atoms with Crippen molar-refractivity contribution in [3.05, 3.63) is 29.8 Å². The number of ether oxygens (including phenoxy) is 1. The van der Waals surface area contributed by atoms with Crippen LogP contribution in [0.3, 0.4) is 0 Å². The highest BCUT2D eigenvalue weighted by molar-refractivity contribution is 5.29. The Morgan fingerprint density at radius 1 is 1.40 bits per heavy atom. The van der Waals surface area contributed by atoms with E-state index >= 15 is 0 Å². The van der Waals surface area contributed by atoms with Crippen LogP contribution in [0.2, 0.25) is 0 Å². The minimum absolute atomic E-state index is 0.732. The lowest BCUT2D eigenvalue weighted by Gasteiger charge is -2.08. The van der Waals surface area contributed by atoms with Crippen LogP contribution in [0.1, 0.15) is 24.7 Å². The van der Waals surface area contributed by atoms with Crippen molar-refractivity contribution in [1.29, 1.82) is 0 Å². The molecule has 0 fully saturated rings. The van der Waals surface area contributed by atoms with Crippen molar-refractivity contribution in [2.75, 3.05) is 25.1 Å². The smallest absolute Gasteiger partial charge is 0.203 e. The number of hydrogen-bond acceptors (Lipinski definition) is 4. The summed E-state index contributed by atoms with van der Waals surface area (Å²) >= 11 is 0. The van der Waals surface area contributed by atoms with Crippen LogP contribution in [-0.4, -0.2) is 39.1 Å². The van der Waals surface area contributed by atoms with Crippen molar-refractivity contribution >= 4 is 5.95 Å². The van der Waals surface area contributed by atoms with Gasteiger partial charge in [0.15, 0.2) is 0 Å². The van der Waals surface area contributed by atoms with Gasteiger partial charge >= 0.3 is 0 Å². The molecule has 0 saturated heterocycles. The van der Waals surface area contributed by atoms with E-state index in [9.17, 15) is 0 Å². The number of rotatable bonds is 8. The normalized spacial score (nSPS) is 10.9. The van der Waals surface area contributed by atoms with E-state index in [0.717, 1.165) is 50.1 Å². The van der Waals surface area contributed by atoms with Crippen LogP contribution in [0.4, 0.5) is 5.95 Å². The van der Waals surface area contributed by atoms with Crippen molar-refractivity contribution in [3.8, 4) is 0 Å². The quantitative estimate of drug-likeness (QED) is 0.748. The molecule has 2 aromatic heterocycles. The summed E-state index contributed by atoms with van der Waals surface area (Å²) in [5.74, 6) is 0.893. The molecule has 0 amide bonds. The summed E-state index contributed by atoms with van der Waals surface area (Å²) < 4.78 is 9.23. The molecule has 0 bridgehead atoms. The summed E-state index contributed by atoms with van der Waals surface area (Å²) in [5, 5.41) is 7.75. The van der Waals surface area contributed by atoms with Gasteiger partial charge in [0.2, 0.25) is 5.95 Å². The SMILES string of the molecule is CCOCCCNc1nc(C)cn1Cc1ccn(C)n1. The van der Waals surface area contributed by atoms with Crippen molar-refractivity contribution in [2.24, 2.45) is 7.05 Å². The van der Waals surface area contributed by atoms with E-state index in [4.69, 9.17) is 4.74 Å². The third kappa shape index (κ3) is 4.09. The molecular weight excluding hydrogens is 254 g/mol. The summed E-state index contributed by atoms with van der Waals surface area (Å²) in [4.78, 5) is 4.51. The lowest BCUT2D eigenvalue weighted by atomic mass is 10.4. The minimum Gasteiger partial charge on any atom is -0.382 e. The predicted molar refractivity (Wildman–Crippen MR) is 78.9 cm³/mol. The fourth-order valence-corrected chi connectivity index (χ4v) is 2.05. The standard InChI is InChI=1S/C14H23N5O/c1-4-20-9-5-7-15-14-16-12(2)10-19(14)11-13-6-8-18(3)17-13/h6,8,10H,4-5,7,9,11H2,1-3H3,(H,15,16). The van der Waals surface area contributed by atoms with Gasteiger partial charge in [-0.15, -0.1) is 0 Å². The van der Waals surface area contributed by atoms with Crippen LogP contribution in [0.25, 0.3) is 0 Å². The van der Waals surface area contributed by atoms with Crippen LogP contribution >= 0.6 is 0 Å². The van der Waals surface area contributed by atoms with Gasteiger partial charge in [-0.1, -0.05) is 0 Å².